The van der Waals surface area contributed by atoms with Crippen molar-refractivity contribution in [1.29, 1.82) is 0 Å². The van der Waals surface area contributed by atoms with Crippen LogP contribution in [-0.2, 0) is 11.0 Å². The predicted molar refractivity (Wildman–Crippen MR) is 60.5 cm³/mol. The number of nitrogens with one attached hydrogen (secondary N) is 1. The highest BCUT2D eigenvalue weighted by Gasteiger charge is 2.33. The molecule has 0 fully saturated rings. The number of aromatic nitrogens is 2. The van der Waals surface area contributed by atoms with E-state index in [4.69, 9.17) is 0 Å². The van der Waals surface area contributed by atoms with Gasteiger partial charge in [0.1, 0.15) is 5.82 Å². The van der Waals surface area contributed by atoms with Gasteiger partial charge >= 0.3 is 6.18 Å². The van der Waals surface area contributed by atoms with Gasteiger partial charge in [0, 0.05) is 18.4 Å². The minimum Gasteiger partial charge on any atom is -0.493 e. The molecule has 100 valence electrons. The molecule has 0 atom stereocenters. The quantitative estimate of drug-likeness (QED) is 0.834. The lowest BCUT2D eigenvalue weighted by molar-refractivity contribution is -0.136. The van der Waals surface area contributed by atoms with E-state index >= 15 is 0 Å². The third-order valence-electron chi connectivity index (χ3n) is 2.27. The molecule has 2 aromatic rings. The van der Waals surface area contributed by atoms with E-state index < -0.39 is 23.5 Å². The molecule has 2 N–H and O–H groups in total. The molecular formula is C11H8F3N3O2. The summed E-state index contributed by atoms with van der Waals surface area (Å²) in [5.74, 6) is -1.14. The number of carbonyl (C=O) groups is 1. The van der Waals surface area contributed by atoms with Crippen molar-refractivity contribution in [2.75, 3.05) is 5.32 Å². The van der Waals surface area contributed by atoms with Gasteiger partial charge in [-0.3, -0.25) is 4.79 Å². The molecule has 2 rings (SSSR count). The van der Waals surface area contributed by atoms with Crippen LogP contribution in [0.25, 0.3) is 11.0 Å². The number of nitrogens with zero attached hydrogens (tertiary/aromatic N) is 2. The zero-order valence-corrected chi connectivity index (χ0v) is 9.62. The van der Waals surface area contributed by atoms with Gasteiger partial charge in [0.15, 0.2) is 5.65 Å². The molecule has 19 heavy (non-hydrogen) atoms. The van der Waals surface area contributed by atoms with Crippen molar-refractivity contribution >= 4 is 22.8 Å². The minimum absolute atomic E-state index is 0.0613. The summed E-state index contributed by atoms with van der Waals surface area (Å²) in [4.78, 5) is 18.1. The number of carbonyl (C=O) groups excluding carboxylic acids is 1. The summed E-state index contributed by atoms with van der Waals surface area (Å²) in [6.07, 6.45) is -4.63. The molecule has 0 spiro atoms. The van der Waals surface area contributed by atoms with E-state index in [1.165, 1.54) is 13.0 Å². The Morgan fingerprint density at radius 2 is 2.00 bits per heavy atom. The second-order valence-electron chi connectivity index (χ2n) is 3.77. The van der Waals surface area contributed by atoms with Crippen molar-refractivity contribution in [2.24, 2.45) is 0 Å². The highest BCUT2D eigenvalue weighted by atomic mass is 19.4. The largest absolute Gasteiger partial charge is 0.493 e. The zero-order valence-electron chi connectivity index (χ0n) is 9.62. The Hall–Kier alpha value is -2.38. The van der Waals surface area contributed by atoms with Crippen molar-refractivity contribution in [3.63, 3.8) is 0 Å². The first kappa shape index (κ1) is 13.1. The van der Waals surface area contributed by atoms with Crippen LogP contribution in [0.5, 0.6) is 5.88 Å². The molecule has 0 aromatic carbocycles. The van der Waals surface area contributed by atoms with E-state index in [2.05, 4.69) is 15.3 Å². The molecule has 0 unspecified atom stereocenters. The number of pyridine rings is 2. The Balaban J connectivity index is 2.65. The molecule has 0 saturated carbocycles. The Morgan fingerprint density at radius 1 is 1.32 bits per heavy atom. The molecule has 2 aromatic heterocycles. The molecule has 8 heteroatoms. The topological polar surface area (TPSA) is 75.1 Å². The lowest BCUT2D eigenvalue weighted by atomic mass is 10.1. The number of halogens is 3. The van der Waals surface area contributed by atoms with E-state index in [0.29, 0.717) is 6.07 Å². The average Bonchev–Trinajstić information content (AvgIpc) is 2.25. The Morgan fingerprint density at radius 3 is 2.58 bits per heavy atom. The fourth-order valence-electron chi connectivity index (χ4n) is 1.58. The lowest BCUT2D eigenvalue weighted by Crippen LogP contribution is -2.09. The summed E-state index contributed by atoms with van der Waals surface area (Å²) in [6, 6.07) is 2.91. The minimum atomic E-state index is -4.63. The van der Waals surface area contributed by atoms with Gasteiger partial charge in [-0.15, -0.1) is 0 Å². The standard InChI is InChI=1S/C11H8F3N3O2/c1-5(18)15-8-3-2-6-7(11(12,13)14)4-9(19)17-10(6)16-8/h2-4H,1H3,(H2,15,16,17,18,19). The number of alkyl halides is 3. The molecule has 0 saturated heterocycles. The molecular weight excluding hydrogens is 263 g/mol. The van der Waals surface area contributed by atoms with Gasteiger partial charge in [0.2, 0.25) is 11.8 Å². The van der Waals surface area contributed by atoms with Crippen molar-refractivity contribution in [1.82, 2.24) is 9.97 Å². The molecule has 2 heterocycles. The summed E-state index contributed by atoms with van der Waals surface area (Å²) >= 11 is 0. The molecule has 0 aliphatic carbocycles. The number of amides is 1. The van der Waals surface area contributed by atoms with Crippen LogP contribution in [0.4, 0.5) is 19.0 Å². The zero-order chi connectivity index (χ0) is 14.2. The average molecular weight is 271 g/mol. The van der Waals surface area contributed by atoms with Crippen LogP contribution in [-0.4, -0.2) is 21.0 Å². The Kier molecular flexibility index (Phi) is 3.01. The number of hydrogen-bond donors (Lipinski definition) is 2. The number of aromatic hydroxyl groups is 1. The van der Waals surface area contributed by atoms with Crippen LogP contribution >= 0.6 is 0 Å². The van der Waals surface area contributed by atoms with E-state index in [0.717, 1.165) is 6.07 Å². The third kappa shape index (κ3) is 2.72. The Labute approximate surface area is 105 Å². The SMILES string of the molecule is CC(=O)Nc1ccc2c(C(F)(F)F)cc(O)nc2n1. The molecule has 0 radical (unpaired) electrons. The van der Waals surface area contributed by atoms with Crippen molar-refractivity contribution in [2.45, 2.75) is 13.1 Å². The van der Waals surface area contributed by atoms with Crippen LogP contribution in [0.3, 0.4) is 0 Å². The Bertz CT molecular complexity index is 655. The molecule has 1 amide bonds. The molecule has 0 aliphatic rings. The first-order chi connectivity index (χ1) is 8.77. The highest BCUT2D eigenvalue weighted by molar-refractivity contribution is 5.89. The number of fused-ring (bicyclic) bond motifs is 1. The first-order valence-corrected chi connectivity index (χ1v) is 5.13. The van der Waals surface area contributed by atoms with Crippen molar-refractivity contribution in [3.8, 4) is 5.88 Å². The van der Waals surface area contributed by atoms with Crippen LogP contribution in [0.15, 0.2) is 18.2 Å². The maximum absolute atomic E-state index is 12.8. The monoisotopic (exact) mass is 271 g/mol. The van der Waals surface area contributed by atoms with Crippen LogP contribution < -0.4 is 5.32 Å². The first-order valence-electron chi connectivity index (χ1n) is 5.13. The predicted octanol–water partition coefficient (Wildman–Crippen LogP) is 2.31. The molecule has 5 nitrogen and oxygen atoms in total. The van der Waals surface area contributed by atoms with Crippen LogP contribution in [0.2, 0.25) is 0 Å². The highest BCUT2D eigenvalue weighted by Crippen LogP contribution is 2.35. The van der Waals surface area contributed by atoms with Crippen LogP contribution in [0.1, 0.15) is 12.5 Å². The van der Waals surface area contributed by atoms with E-state index in [-0.39, 0.29) is 16.9 Å². The smallest absolute Gasteiger partial charge is 0.417 e. The summed E-state index contributed by atoms with van der Waals surface area (Å²) in [7, 11) is 0. The van der Waals surface area contributed by atoms with Crippen molar-refractivity contribution < 1.29 is 23.1 Å². The normalized spacial score (nSPS) is 11.6. The van der Waals surface area contributed by atoms with Gasteiger partial charge in [-0.1, -0.05) is 0 Å². The third-order valence-corrected chi connectivity index (χ3v) is 2.27. The summed E-state index contributed by atoms with van der Waals surface area (Å²) < 4.78 is 38.3. The maximum Gasteiger partial charge on any atom is 0.417 e. The van der Waals surface area contributed by atoms with E-state index in [9.17, 15) is 23.1 Å². The van der Waals surface area contributed by atoms with Gasteiger partial charge in [-0.05, 0) is 12.1 Å². The molecule has 0 bridgehead atoms. The van der Waals surface area contributed by atoms with Gasteiger partial charge in [-0.25, -0.2) is 4.98 Å². The summed E-state index contributed by atoms with van der Waals surface area (Å²) in [5, 5.41) is 11.3. The van der Waals surface area contributed by atoms with Gasteiger partial charge in [-0.2, -0.15) is 18.2 Å². The number of rotatable bonds is 1. The second kappa shape index (κ2) is 4.38. The number of anilines is 1. The van der Waals surface area contributed by atoms with E-state index in [1.807, 2.05) is 0 Å². The maximum atomic E-state index is 12.8. The lowest BCUT2D eigenvalue weighted by Gasteiger charge is -2.10. The summed E-state index contributed by atoms with van der Waals surface area (Å²) in [6.45, 7) is 1.24. The van der Waals surface area contributed by atoms with Gasteiger partial charge in [0.05, 0.1) is 5.56 Å². The molecule has 0 aliphatic heterocycles. The van der Waals surface area contributed by atoms with Crippen LogP contribution in [0, 0.1) is 0 Å². The van der Waals surface area contributed by atoms with Gasteiger partial charge in [0.25, 0.3) is 0 Å². The fourth-order valence-corrected chi connectivity index (χ4v) is 1.58. The van der Waals surface area contributed by atoms with E-state index in [1.54, 1.807) is 0 Å². The van der Waals surface area contributed by atoms with Gasteiger partial charge < -0.3 is 10.4 Å². The number of hydrogen-bond acceptors (Lipinski definition) is 4. The summed E-state index contributed by atoms with van der Waals surface area (Å²) in [5.41, 5.74) is -1.32. The second-order valence-corrected chi connectivity index (χ2v) is 3.77. The van der Waals surface area contributed by atoms with Crippen molar-refractivity contribution in [3.05, 3.63) is 23.8 Å². The fraction of sp³-hybridized carbons (Fsp3) is 0.182.